The van der Waals surface area contributed by atoms with Crippen molar-refractivity contribution in [1.82, 2.24) is 16.0 Å². The Bertz CT molecular complexity index is 609. The minimum Gasteiger partial charge on any atom is -0.480 e. The molecule has 5 unspecified atom stereocenters. The molecule has 0 radical (unpaired) electrons. The predicted molar refractivity (Wildman–Crippen MR) is 106 cm³/mol. The Balaban J connectivity index is 2.19. The maximum absolute atomic E-state index is 11.9. The zero-order valence-corrected chi connectivity index (χ0v) is 17.5. The molecule has 0 saturated carbocycles. The molecule has 10 N–H and O–H groups in total. The van der Waals surface area contributed by atoms with Crippen molar-refractivity contribution < 1.29 is 44.7 Å². The molecule has 1 saturated heterocycles. The molecule has 0 aromatic heterocycles. The van der Waals surface area contributed by atoms with Crippen molar-refractivity contribution in [2.75, 3.05) is 26.2 Å². The van der Waals surface area contributed by atoms with Crippen molar-refractivity contribution in [3.8, 4) is 0 Å². The zero-order valence-electron chi connectivity index (χ0n) is 17.5. The number of nitrogens with two attached hydrogens (primary N) is 1. The summed E-state index contributed by atoms with van der Waals surface area (Å²) in [6.07, 6.45) is -2.76. The molecule has 1 heterocycles. The Labute approximate surface area is 179 Å². The van der Waals surface area contributed by atoms with Gasteiger partial charge in [-0.25, -0.2) is 0 Å². The van der Waals surface area contributed by atoms with Gasteiger partial charge in [0.05, 0.1) is 25.3 Å². The number of carbonyl (C=O) groups is 3. The number of amides is 2. The van der Waals surface area contributed by atoms with Crippen LogP contribution in [0, 0.1) is 0 Å². The Morgan fingerprint density at radius 3 is 2.55 bits per heavy atom. The van der Waals surface area contributed by atoms with Gasteiger partial charge in [-0.1, -0.05) is 0 Å². The maximum atomic E-state index is 11.9. The number of nitrogens with one attached hydrogen (secondary N) is 3. The molecule has 1 fully saturated rings. The van der Waals surface area contributed by atoms with Gasteiger partial charge in [-0.3, -0.25) is 14.4 Å². The molecule has 1 rings (SSSR count). The summed E-state index contributed by atoms with van der Waals surface area (Å²) in [6.45, 7) is 1.18. The van der Waals surface area contributed by atoms with E-state index in [1.54, 1.807) is 0 Å². The number of hydrogen-bond acceptors (Lipinski definition) is 10. The van der Waals surface area contributed by atoms with Crippen LogP contribution in [0.4, 0.5) is 0 Å². The molecule has 6 atom stereocenters. The van der Waals surface area contributed by atoms with Crippen LogP contribution < -0.4 is 21.7 Å². The van der Waals surface area contributed by atoms with Gasteiger partial charge in [0.1, 0.15) is 18.2 Å². The average molecular weight is 450 g/mol. The number of carbonyl (C=O) groups excluding carboxylic acids is 2. The Hall–Kier alpha value is -1.87. The summed E-state index contributed by atoms with van der Waals surface area (Å²) in [5, 5.41) is 55.3. The second-order valence-corrected chi connectivity index (χ2v) is 7.64. The van der Waals surface area contributed by atoms with Crippen LogP contribution in [0.1, 0.15) is 32.6 Å². The summed E-state index contributed by atoms with van der Waals surface area (Å²) in [5.74, 6) is -4.03. The molecule has 1 aliphatic rings. The van der Waals surface area contributed by atoms with Crippen molar-refractivity contribution in [1.29, 1.82) is 0 Å². The Morgan fingerprint density at radius 1 is 1.26 bits per heavy atom. The lowest BCUT2D eigenvalue weighted by atomic mass is 9.94. The molecule has 2 amide bonds. The van der Waals surface area contributed by atoms with E-state index in [1.165, 1.54) is 6.92 Å². The predicted octanol–water partition coefficient (Wildman–Crippen LogP) is -4.03. The molecule has 13 heteroatoms. The highest BCUT2D eigenvalue weighted by Crippen LogP contribution is 2.29. The molecule has 13 nitrogen and oxygen atoms in total. The topological polar surface area (TPSA) is 224 Å². The van der Waals surface area contributed by atoms with E-state index in [0.29, 0.717) is 25.9 Å². The van der Waals surface area contributed by atoms with Gasteiger partial charge in [-0.05, 0) is 26.3 Å². The molecule has 1 aliphatic heterocycles. The minimum atomic E-state index is -1.67. The number of aliphatic hydroxyl groups excluding tert-OH is 3. The maximum Gasteiger partial charge on any atom is 0.325 e. The number of ether oxygens (including phenoxy) is 1. The number of aliphatic hydroxyl groups is 4. The van der Waals surface area contributed by atoms with E-state index in [2.05, 4.69) is 16.0 Å². The average Bonchev–Trinajstić information content (AvgIpc) is 2.71. The van der Waals surface area contributed by atoms with E-state index in [9.17, 15) is 29.7 Å². The van der Waals surface area contributed by atoms with E-state index in [-0.39, 0.29) is 19.4 Å². The van der Waals surface area contributed by atoms with Crippen LogP contribution in [0.5, 0.6) is 0 Å². The highest BCUT2D eigenvalue weighted by atomic mass is 16.6. The van der Waals surface area contributed by atoms with Crippen LogP contribution in [0.25, 0.3) is 0 Å². The summed E-state index contributed by atoms with van der Waals surface area (Å²) < 4.78 is 5.28. The smallest absolute Gasteiger partial charge is 0.325 e. The molecule has 180 valence electrons. The number of carboxylic acids is 1. The van der Waals surface area contributed by atoms with Gasteiger partial charge >= 0.3 is 5.97 Å². The monoisotopic (exact) mass is 450 g/mol. The second kappa shape index (κ2) is 12.9. The number of hydrogen-bond donors (Lipinski definition) is 9. The van der Waals surface area contributed by atoms with Crippen LogP contribution in [0.2, 0.25) is 0 Å². The highest BCUT2D eigenvalue weighted by Gasteiger charge is 2.44. The number of carboxylic acid groups (broad SMARTS) is 1. The molecule has 31 heavy (non-hydrogen) atoms. The molecule has 0 aliphatic carbocycles. The van der Waals surface area contributed by atoms with Gasteiger partial charge < -0.3 is 52.0 Å². The fourth-order valence-electron chi connectivity index (χ4n) is 3.04. The Morgan fingerprint density at radius 2 is 1.94 bits per heavy atom. The van der Waals surface area contributed by atoms with Crippen molar-refractivity contribution in [2.24, 2.45) is 5.73 Å². The molecular weight excluding hydrogens is 416 g/mol. The van der Waals surface area contributed by atoms with Gasteiger partial charge in [0, 0.05) is 19.4 Å². The highest BCUT2D eigenvalue weighted by molar-refractivity contribution is 5.89. The second-order valence-electron chi connectivity index (χ2n) is 7.64. The third-order valence-corrected chi connectivity index (χ3v) is 4.92. The lowest BCUT2D eigenvalue weighted by Gasteiger charge is -2.42. The van der Waals surface area contributed by atoms with Gasteiger partial charge in [-0.2, -0.15) is 0 Å². The van der Waals surface area contributed by atoms with Crippen molar-refractivity contribution >= 4 is 17.8 Å². The first kappa shape index (κ1) is 27.2. The summed E-state index contributed by atoms with van der Waals surface area (Å²) in [5.41, 5.74) is 5.76. The quantitative estimate of drug-likeness (QED) is 0.123. The van der Waals surface area contributed by atoms with E-state index >= 15 is 0 Å². The lowest BCUT2D eigenvalue weighted by molar-refractivity contribution is -0.306. The molecule has 0 aromatic carbocycles. The normalized spacial score (nSPS) is 27.9. The zero-order chi connectivity index (χ0) is 23.6. The van der Waals surface area contributed by atoms with E-state index < -0.39 is 60.6 Å². The molecule has 0 bridgehead atoms. The van der Waals surface area contributed by atoms with Crippen LogP contribution in [0.3, 0.4) is 0 Å². The van der Waals surface area contributed by atoms with Crippen molar-refractivity contribution in [3.05, 3.63) is 0 Å². The summed E-state index contributed by atoms with van der Waals surface area (Å²) in [4.78, 5) is 34.1. The fourth-order valence-corrected chi connectivity index (χ4v) is 3.04. The fraction of sp³-hybridized carbons (Fsp3) is 0.833. The van der Waals surface area contributed by atoms with Crippen LogP contribution >= 0.6 is 0 Å². The largest absolute Gasteiger partial charge is 0.480 e. The molecule has 0 aromatic rings. The van der Waals surface area contributed by atoms with Crippen LogP contribution in [-0.2, 0) is 19.1 Å². The first-order chi connectivity index (χ1) is 14.5. The van der Waals surface area contributed by atoms with Gasteiger partial charge in [0.25, 0.3) is 0 Å². The van der Waals surface area contributed by atoms with Crippen LogP contribution in [0.15, 0.2) is 0 Å². The third kappa shape index (κ3) is 9.43. The third-order valence-electron chi connectivity index (χ3n) is 4.92. The van der Waals surface area contributed by atoms with Crippen LogP contribution in [-0.4, -0.2) is 106 Å². The number of aliphatic carboxylic acids is 1. The van der Waals surface area contributed by atoms with E-state index in [4.69, 9.17) is 20.7 Å². The first-order valence-electron chi connectivity index (χ1n) is 10.1. The van der Waals surface area contributed by atoms with E-state index in [1.807, 2.05) is 0 Å². The summed E-state index contributed by atoms with van der Waals surface area (Å²) >= 11 is 0. The van der Waals surface area contributed by atoms with Gasteiger partial charge in [-0.15, -0.1) is 0 Å². The summed E-state index contributed by atoms with van der Waals surface area (Å²) in [7, 11) is 0. The standard InChI is InChI=1S/C18H34N4O9/c1-10(17(28)29)22-14(25)8-21-16(27)11(19)3-2-5-20-6-4-18(30)7-12(24)15(26)13(9-23)31-18/h10-13,15,20,23-24,26,30H,2-9,19H2,1H3,(H,21,27)(H,22,25)(H,28,29)/t10?,11-,12?,13?,15?,18?/m0/s1. The van der Waals surface area contributed by atoms with Gasteiger partial charge in [0.15, 0.2) is 5.79 Å². The first-order valence-corrected chi connectivity index (χ1v) is 10.1. The number of rotatable bonds is 13. The van der Waals surface area contributed by atoms with Crippen molar-refractivity contribution in [2.45, 2.75) is 68.8 Å². The van der Waals surface area contributed by atoms with Gasteiger partial charge in [0.2, 0.25) is 11.8 Å². The summed E-state index contributed by atoms with van der Waals surface area (Å²) in [6, 6.07) is -1.91. The van der Waals surface area contributed by atoms with Crippen molar-refractivity contribution in [3.63, 3.8) is 0 Å². The Kier molecular flexibility index (Phi) is 11.3. The molecule has 0 spiro atoms. The SMILES string of the molecule is CC(NC(=O)CNC(=O)[C@@H](N)CCCNCCC1(O)CC(O)C(O)C(CO)O1)C(=O)O. The minimum absolute atomic E-state index is 0.115. The van der Waals surface area contributed by atoms with E-state index in [0.717, 1.165) is 0 Å². The molecular formula is C18H34N4O9. The lowest BCUT2D eigenvalue weighted by Crippen LogP contribution is -2.56.